The topological polar surface area (TPSA) is 73.8 Å². The third kappa shape index (κ3) is 7.66. The average molecular weight is 525 g/mol. The van der Waals surface area contributed by atoms with Crippen LogP contribution < -0.4 is 0 Å². The van der Waals surface area contributed by atoms with Crippen LogP contribution in [-0.4, -0.2) is 66.3 Å². The summed E-state index contributed by atoms with van der Waals surface area (Å²) < 4.78 is 51.6. The van der Waals surface area contributed by atoms with Gasteiger partial charge in [-0.05, 0) is 67.2 Å². The van der Waals surface area contributed by atoms with E-state index >= 15 is 0 Å². The molecule has 0 N–H and O–H groups in total. The van der Waals surface area contributed by atoms with Crippen LogP contribution in [0, 0.1) is 0 Å². The van der Waals surface area contributed by atoms with Crippen molar-refractivity contribution in [3.05, 3.63) is 0 Å². The lowest BCUT2D eigenvalue weighted by Gasteiger charge is -2.47. The quantitative estimate of drug-likeness (QED) is 0.219. The van der Waals surface area contributed by atoms with E-state index in [9.17, 15) is 0 Å². The van der Waals surface area contributed by atoms with Gasteiger partial charge in [0, 0.05) is 50.7 Å². The molecule has 0 aromatic rings. The molecule has 2 fully saturated rings. The second kappa shape index (κ2) is 14.8. The van der Waals surface area contributed by atoms with Gasteiger partial charge in [-0.2, -0.15) is 0 Å². The average Bonchev–Trinajstić information content (AvgIpc) is 3.49. The predicted molar refractivity (Wildman–Crippen MR) is 134 cm³/mol. The van der Waals surface area contributed by atoms with Crippen LogP contribution in [0.5, 0.6) is 0 Å². The van der Waals surface area contributed by atoms with Gasteiger partial charge in [0.25, 0.3) is 0 Å². The van der Waals surface area contributed by atoms with Crippen molar-refractivity contribution in [1.82, 2.24) is 0 Å². The third-order valence-electron chi connectivity index (χ3n) is 6.34. The zero-order valence-corrected chi connectivity index (χ0v) is 24.8. The summed E-state index contributed by atoms with van der Waals surface area (Å²) in [5.41, 5.74) is 0.615. The van der Waals surface area contributed by atoms with E-state index in [4.69, 9.17) is 34.8 Å². The van der Waals surface area contributed by atoms with E-state index in [0.717, 1.165) is 25.7 Å². The molecule has 33 heavy (non-hydrogen) atoms. The Morgan fingerprint density at radius 2 is 0.697 bits per heavy atom. The predicted octanol–water partition coefficient (Wildman–Crippen LogP) is 5.44. The molecule has 2 saturated carbocycles. The molecule has 0 aromatic heterocycles. The molecule has 2 aliphatic rings. The van der Waals surface area contributed by atoms with Crippen molar-refractivity contribution in [2.24, 2.45) is 0 Å². The minimum atomic E-state index is -3.44. The molecule has 0 amide bonds. The molecule has 0 saturated heterocycles. The fourth-order valence-electron chi connectivity index (χ4n) is 5.22. The van der Waals surface area contributed by atoms with Crippen molar-refractivity contribution in [2.75, 3.05) is 39.6 Å². The Morgan fingerprint density at radius 3 is 0.909 bits per heavy atom. The Hall–Kier alpha value is 0.331. The van der Waals surface area contributed by atoms with Crippen LogP contribution in [0.2, 0.25) is 11.1 Å². The first-order chi connectivity index (χ1) is 16.0. The van der Waals surface area contributed by atoms with Crippen molar-refractivity contribution >= 4 is 26.7 Å². The van der Waals surface area contributed by atoms with Crippen LogP contribution in [0.3, 0.4) is 0 Å². The first-order valence-corrected chi connectivity index (χ1v) is 18.5. The van der Waals surface area contributed by atoms with Gasteiger partial charge in [-0.1, -0.05) is 25.7 Å². The summed E-state index contributed by atoms with van der Waals surface area (Å²) in [6, 6.07) is 0. The summed E-state index contributed by atoms with van der Waals surface area (Å²) in [6.07, 6.45) is 9.02. The number of rotatable bonds is 18. The molecule has 0 spiro atoms. The molecular weight excluding hydrogens is 476 g/mol. The summed E-state index contributed by atoms with van der Waals surface area (Å²) in [6.45, 7) is 14.5. The number of hydrogen-bond donors (Lipinski definition) is 0. The molecule has 0 aliphatic heterocycles. The van der Waals surface area contributed by atoms with Crippen LogP contribution in [0.4, 0.5) is 0 Å². The standard InChI is InChI=1S/C22H48O8Si3/c1-7-23-32(24-8-2,25-9-3)29-31(21-17-13-14-18-21,22-19-15-16-20-22)30-33(26-10-4,27-11-5)28-12-6/h21-22H,7-20H2,1-6H3. The smallest absolute Gasteiger partial charge is 0.370 e. The number of hydrogen-bond acceptors (Lipinski definition) is 8. The van der Waals surface area contributed by atoms with E-state index in [2.05, 4.69) is 0 Å². The monoisotopic (exact) mass is 524 g/mol. The highest BCUT2D eigenvalue weighted by Gasteiger charge is 2.66. The largest absolute Gasteiger partial charge is 0.670 e. The van der Waals surface area contributed by atoms with Crippen molar-refractivity contribution < 1.29 is 34.8 Å². The van der Waals surface area contributed by atoms with Crippen molar-refractivity contribution in [2.45, 2.75) is 104 Å². The molecule has 0 bridgehead atoms. The Kier molecular flexibility index (Phi) is 13.2. The molecule has 0 aromatic carbocycles. The minimum absolute atomic E-state index is 0.307. The SMILES string of the molecule is CCO[Si](OCC)(OCC)O[Si](O[Si](OCC)(OCC)OCC)(C1CCCC1)C1CCCC1. The lowest BCUT2D eigenvalue weighted by Crippen LogP contribution is -2.67. The van der Waals surface area contributed by atoms with Gasteiger partial charge in [0.05, 0.1) is 0 Å². The molecule has 11 heteroatoms. The second-order valence-electron chi connectivity index (χ2n) is 8.49. The molecular formula is C22H48O8Si3. The zero-order chi connectivity index (χ0) is 24.2. The van der Waals surface area contributed by atoms with Crippen molar-refractivity contribution in [3.8, 4) is 0 Å². The zero-order valence-electron chi connectivity index (χ0n) is 21.8. The molecule has 2 rings (SSSR count). The van der Waals surface area contributed by atoms with Crippen molar-refractivity contribution in [3.63, 3.8) is 0 Å². The van der Waals surface area contributed by atoms with E-state index in [1.54, 1.807) is 0 Å². The van der Waals surface area contributed by atoms with Crippen LogP contribution in [0.1, 0.15) is 92.9 Å². The van der Waals surface area contributed by atoms with Crippen LogP contribution in [-0.2, 0) is 34.8 Å². The van der Waals surface area contributed by atoms with E-state index in [1.807, 2.05) is 41.5 Å². The summed E-state index contributed by atoms with van der Waals surface area (Å²) >= 11 is 0. The summed E-state index contributed by atoms with van der Waals surface area (Å²) in [5, 5.41) is 0. The summed E-state index contributed by atoms with van der Waals surface area (Å²) in [4.78, 5) is 0. The van der Waals surface area contributed by atoms with E-state index in [0.29, 0.717) is 50.7 Å². The highest BCUT2D eigenvalue weighted by molar-refractivity contribution is 6.83. The lowest BCUT2D eigenvalue weighted by molar-refractivity contribution is -0.0248. The maximum Gasteiger partial charge on any atom is 0.670 e. The Balaban J connectivity index is 2.61. The van der Waals surface area contributed by atoms with Gasteiger partial charge < -0.3 is 34.8 Å². The molecule has 0 radical (unpaired) electrons. The first kappa shape index (κ1) is 29.6. The summed E-state index contributed by atoms with van der Waals surface area (Å²) in [7, 11) is -9.93. The molecule has 0 unspecified atom stereocenters. The van der Waals surface area contributed by atoms with Gasteiger partial charge in [0.15, 0.2) is 0 Å². The molecule has 0 atom stereocenters. The molecule has 196 valence electrons. The van der Waals surface area contributed by atoms with E-state index in [-0.39, 0.29) is 0 Å². The van der Waals surface area contributed by atoms with Crippen molar-refractivity contribution in [1.29, 1.82) is 0 Å². The maximum atomic E-state index is 7.19. The van der Waals surface area contributed by atoms with Gasteiger partial charge >= 0.3 is 26.7 Å². The molecule has 2 aliphatic carbocycles. The fourth-order valence-corrected chi connectivity index (χ4v) is 18.7. The van der Waals surface area contributed by atoms with Gasteiger partial charge in [-0.3, -0.25) is 0 Å². The van der Waals surface area contributed by atoms with Gasteiger partial charge in [0.1, 0.15) is 0 Å². The van der Waals surface area contributed by atoms with E-state index in [1.165, 1.54) is 25.7 Å². The fraction of sp³-hybridized carbons (Fsp3) is 1.00. The Labute approximate surface area is 205 Å². The third-order valence-corrected chi connectivity index (χ3v) is 18.2. The van der Waals surface area contributed by atoms with Gasteiger partial charge in [0.2, 0.25) is 0 Å². The highest BCUT2D eigenvalue weighted by atomic mass is 28.5. The van der Waals surface area contributed by atoms with Crippen LogP contribution in [0.25, 0.3) is 0 Å². The second-order valence-corrected chi connectivity index (χ2v) is 16.9. The highest BCUT2D eigenvalue weighted by Crippen LogP contribution is 2.53. The van der Waals surface area contributed by atoms with Crippen LogP contribution >= 0.6 is 0 Å². The van der Waals surface area contributed by atoms with E-state index < -0.39 is 26.7 Å². The lowest BCUT2D eigenvalue weighted by atomic mass is 10.3. The Morgan fingerprint density at radius 1 is 0.455 bits per heavy atom. The summed E-state index contributed by atoms with van der Waals surface area (Å²) in [5.74, 6) is 0. The molecule has 0 heterocycles. The van der Waals surface area contributed by atoms with Gasteiger partial charge in [-0.15, -0.1) is 0 Å². The minimum Gasteiger partial charge on any atom is -0.370 e. The van der Waals surface area contributed by atoms with Gasteiger partial charge in [-0.25, -0.2) is 0 Å². The normalized spacial score (nSPS) is 19.1. The van der Waals surface area contributed by atoms with Crippen LogP contribution in [0.15, 0.2) is 0 Å². The maximum absolute atomic E-state index is 7.19. The molecule has 8 nitrogen and oxygen atoms in total. The first-order valence-electron chi connectivity index (χ1n) is 13.2. The Bertz CT molecular complexity index is 450.